The van der Waals surface area contributed by atoms with E-state index in [0.29, 0.717) is 18.8 Å². The van der Waals surface area contributed by atoms with Gasteiger partial charge in [0.1, 0.15) is 5.75 Å². The zero-order valence-corrected chi connectivity index (χ0v) is 15.6. The normalized spacial score (nSPS) is 15.7. The summed E-state index contributed by atoms with van der Waals surface area (Å²) in [5, 5.41) is 6.07. The summed E-state index contributed by atoms with van der Waals surface area (Å²) in [7, 11) is 1.62. The predicted octanol–water partition coefficient (Wildman–Crippen LogP) is 4.28. The highest BCUT2D eigenvalue weighted by Crippen LogP contribution is 2.30. The average molecular weight is 393 g/mol. The first-order valence-electron chi connectivity index (χ1n) is 8.89. The predicted molar refractivity (Wildman–Crippen MR) is 100 cm³/mol. The van der Waals surface area contributed by atoms with Gasteiger partial charge in [0.05, 0.1) is 12.7 Å². The number of halogens is 3. The Balaban J connectivity index is 1.45. The topological polar surface area (TPSA) is 53.6 Å². The third kappa shape index (κ3) is 4.75. The van der Waals surface area contributed by atoms with Crippen LogP contribution in [-0.4, -0.2) is 37.2 Å². The van der Waals surface area contributed by atoms with Crippen molar-refractivity contribution in [2.45, 2.75) is 25.2 Å². The van der Waals surface area contributed by atoms with Gasteiger partial charge < -0.3 is 20.3 Å². The van der Waals surface area contributed by atoms with E-state index in [-0.39, 0.29) is 18.1 Å². The minimum absolute atomic E-state index is 0.121. The molecule has 0 bridgehead atoms. The van der Waals surface area contributed by atoms with Gasteiger partial charge in [0.2, 0.25) is 0 Å². The number of urea groups is 1. The number of hydrogen-bond acceptors (Lipinski definition) is 3. The van der Waals surface area contributed by atoms with Crippen molar-refractivity contribution in [2.75, 3.05) is 25.5 Å². The zero-order chi connectivity index (χ0) is 20.3. The van der Waals surface area contributed by atoms with Crippen LogP contribution >= 0.6 is 0 Å². The first-order chi connectivity index (χ1) is 13.3. The molecule has 0 spiro atoms. The van der Waals surface area contributed by atoms with E-state index in [9.17, 15) is 18.0 Å². The SMILES string of the molecule is COc1ccc(C(C)NC2CN(C(=O)Nc3ccc(C(F)(F)F)cc3)C2)cc1. The number of alkyl halides is 3. The first kappa shape index (κ1) is 20.0. The molecule has 1 unspecified atom stereocenters. The molecule has 8 heteroatoms. The molecule has 1 aliphatic rings. The van der Waals surface area contributed by atoms with Crippen LogP contribution < -0.4 is 15.4 Å². The number of nitrogens with one attached hydrogen (secondary N) is 2. The second-order valence-corrected chi connectivity index (χ2v) is 6.77. The molecule has 150 valence electrons. The van der Waals surface area contributed by atoms with E-state index in [4.69, 9.17) is 4.74 Å². The molecule has 0 radical (unpaired) electrons. The van der Waals surface area contributed by atoms with Crippen LogP contribution in [0.5, 0.6) is 5.75 Å². The van der Waals surface area contributed by atoms with Crippen molar-refractivity contribution in [1.82, 2.24) is 10.2 Å². The molecule has 0 saturated carbocycles. The molecular formula is C20H22F3N3O2. The largest absolute Gasteiger partial charge is 0.497 e. The van der Waals surface area contributed by atoms with Crippen LogP contribution in [0.25, 0.3) is 0 Å². The Morgan fingerprint density at radius 2 is 1.71 bits per heavy atom. The summed E-state index contributed by atoms with van der Waals surface area (Å²) in [5.41, 5.74) is 0.709. The lowest BCUT2D eigenvalue weighted by Gasteiger charge is -2.41. The van der Waals surface area contributed by atoms with Crippen molar-refractivity contribution in [3.8, 4) is 5.75 Å². The molecule has 2 aromatic carbocycles. The van der Waals surface area contributed by atoms with Gasteiger partial charge >= 0.3 is 12.2 Å². The van der Waals surface area contributed by atoms with E-state index < -0.39 is 11.7 Å². The summed E-state index contributed by atoms with van der Waals surface area (Å²) >= 11 is 0. The summed E-state index contributed by atoms with van der Waals surface area (Å²) in [5.74, 6) is 0.797. The number of rotatable bonds is 5. The maximum atomic E-state index is 12.6. The Morgan fingerprint density at radius 1 is 1.11 bits per heavy atom. The lowest BCUT2D eigenvalue weighted by Crippen LogP contribution is -2.61. The van der Waals surface area contributed by atoms with Gasteiger partial charge in [-0.1, -0.05) is 12.1 Å². The number of anilines is 1. The fourth-order valence-corrected chi connectivity index (χ4v) is 3.04. The second kappa shape index (κ2) is 8.10. The highest BCUT2D eigenvalue weighted by molar-refractivity contribution is 5.89. The number of methoxy groups -OCH3 is 1. The first-order valence-corrected chi connectivity index (χ1v) is 8.89. The quantitative estimate of drug-likeness (QED) is 0.797. The minimum atomic E-state index is -4.39. The number of amides is 2. The van der Waals surface area contributed by atoms with Crippen molar-refractivity contribution in [3.63, 3.8) is 0 Å². The van der Waals surface area contributed by atoms with Gasteiger partial charge in [-0.3, -0.25) is 0 Å². The molecule has 0 aliphatic carbocycles. The highest BCUT2D eigenvalue weighted by atomic mass is 19.4. The van der Waals surface area contributed by atoms with Crippen LogP contribution in [-0.2, 0) is 6.18 Å². The molecule has 2 N–H and O–H groups in total. The summed E-state index contributed by atoms with van der Waals surface area (Å²) in [6.45, 7) is 3.12. The Hall–Kier alpha value is -2.74. The third-order valence-electron chi connectivity index (χ3n) is 4.73. The van der Waals surface area contributed by atoms with E-state index in [2.05, 4.69) is 10.6 Å². The summed E-state index contributed by atoms with van der Waals surface area (Å²) in [6, 6.07) is 12.1. The Kier molecular flexibility index (Phi) is 5.79. The number of likely N-dealkylation sites (tertiary alicyclic amines) is 1. The van der Waals surface area contributed by atoms with Crippen LogP contribution in [0.15, 0.2) is 48.5 Å². The number of hydrogen-bond donors (Lipinski definition) is 2. The van der Waals surface area contributed by atoms with Crippen LogP contribution in [0, 0.1) is 0 Å². The zero-order valence-electron chi connectivity index (χ0n) is 15.6. The maximum Gasteiger partial charge on any atom is 0.416 e. The van der Waals surface area contributed by atoms with E-state index in [1.165, 1.54) is 12.1 Å². The number of ether oxygens (including phenoxy) is 1. The molecule has 0 aromatic heterocycles. The summed E-state index contributed by atoms with van der Waals surface area (Å²) in [4.78, 5) is 13.8. The number of carbonyl (C=O) groups is 1. The molecule has 2 amide bonds. The molecule has 5 nitrogen and oxygen atoms in total. The molecule has 1 atom stereocenters. The van der Waals surface area contributed by atoms with Gasteiger partial charge in [0, 0.05) is 30.9 Å². The van der Waals surface area contributed by atoms with Crippen molar-refractivity contribution < 1.29 is 22.7 Å². The van der Waals surface area contributed by atoms with Gasteiger partial charge in [0.25, 0.3) is 0 Å². The molecular weight excluding hydrogens is 371 g/mol. The van der Waals surface area contributed by atoms with E-state index in [1.807, 2.05) is 31.2 Å². The molecule has 2 aromatic rings. The number of nitrogens with zero attached hydrogens (tertiary/aromatic N) is 1. The standard InChI is InChI=1S/C20H22F3N3O2/c1-13(14-3-9-18(28-2)10-4-14)24-17-11-26(12-17)19(27)25-16-7-5-15(6-8-16)20(21,22)23/h3-10,13,17,24H,11-12H2,1-2H3,(H,25,27). The van der Waals surface area contributed by atoms with Crippen LogP contribution in [0.4, 0.5) is 23.7 Å². The molecule has 1 aliphatic heterocycles. The van der Waals surface area contributed by atoms with E-state index in [0.717, 1.165) is 23.4 Å². The average Bonchev–Trinajstić information content (AvgIpc) is 2.63. The molecule has 3 rings (SSSR count). The highest BCUT2D eigenvalue weighted by Gasteiger charge is 2.32. The van der Waals surface area contributed by atoms with Crippen molar-refractivity contribution >= 4 is 11.7 Å². The van der Waals surface area contributed by atoms with Crippen molar-refractivity contribution in [3.05, 3.63) is 59.7 Å². The Morgan fingerprint density at radius 3 is 2.25 bits per heavy atom. The van der Waals surface area contributed by atoms with E-state index >= 15 is 0 Å². The number of benzene rings is 2. The summed E-state index contributed by atoms with van der Waals surface area (Å²) in [6.07, 6.45) is -4.39. The van der Waals surface area contributed by atoms with Crippen molar-refractivity contribution in [2.24, 2.45) is 0 Å². The number of carbonyl (C=O) groups excluding carboxylic acids is 1. The fourth-order valence-electron chi connectivity index (χ4n) is 3.04. The monoisotopic (exact) mass is 393 g/mol. The minimum Gasteiger partial charge on any atom is -0.497 e. The molecule has 1 heterocycles. The van der Waals surface area contributed by atoms with Gasteiger partial charge in [-0.15, -0.1) is 0 Å². The maximum absolute atomic E-state index is 12.6. The van der Waals surface area contributed by atoms with Gasteiger partial charge in [-0.25, -0.2) is 4.79 Å². The fraction of sp³-hybridized carbons (Fsp3) is 0.350. The lowest BCUT2D eigenvalue weighted by molar-refractivity contribution is -0.137. The molecule has 1 saturated heterocycles. The second-order valence-electron chi connectivity index (χ2n) is 6.77. The van der Waals surface area contributed by atoms with Gasteiger partial charge in [-0.2, -0.15) is 13.2 Å². The Labute approximate surface area is 161 Å². The Bertz CT molecular complexity index is 801. The smallest absolute Gasteiger partial charge is 0.416 e. The van der Waals surface area contributed by atoms with Crippen LogP contribution in [0.1, 0.15) is 24.1 Å². The molecule has 28 heavy (non-hydrogen) atoms. The lowest BCUT2D eigenvalue weighted by atomic mass is 10.0. The van der Waals surface area contributed by atoms with Gasteiger partial charge in [0.15, 0.2) is 0 Å². The third-order valence-corrected chi connectivity index (χ3v) is 4.73. The van der Waals surface area contributed by atoms with Gasteiger partial charge in [-0.05, 0) is 48.9 Å². The summed E-state index contributed by atoms with van der Waals surface area (Å²) < 4.78 is 42.9. The van der Waals surface area contributed by atoms with E-state index in [1.54, 1.807) is 12.0 Å². The van der Waals surface area contributed by atoms with Crippen LogP contribution in [0.3, 0.4) is 0 Å². The van der Waals surface area contributed by atoms with Crippen molar-refractivity contribution in [1.29, 1.82) is 0 Å². The van der Waals surface area contributed by atoms with Crippen LogP contribution in [0.2, 0.25) is 0 Å². The molecule has 1 fully saturated rings.